The van der Waals surface area contributed by atoms with E-state index in [0.717, 1.165) is 22.8 Å². The maximum Gasteiger partial charge on any atom is 0.229 e. The smallest absolute Gasteiger partial charge is 0.229 e. The summed E-state index contributed by atoms with van der Waals surface area (Å²) in [6, 6.07) is 18.0. The fraction of sp³-hybridized carbons (Fsp3) is 0.200. The second-order valence-electron chi connectivity index (χ2n) is 6.83. The molecule has 0 aliphatic heterocycles. The first-order valence-electron chi connectivity index (χ1n) is 8.14. The highest BCUT2D eigenvalue weighted by Crippen LogP contribution is 2.24. The Morgan fingerprint density at radius 2 is 1.56 bits per heavy atom. The van der Waals surface area contributed by atoms with Crippen LogP contribution in [0.15, 0.2) is 60.7 Å². The van der Waals surface area contributed by atoms with E-state index in [9.17, 15) is 4.39 Å². The molecule has 128 valence electrons. The predicted molar refractivity (Wildman–Crippen MR) is 101 cm³/mol. The van der Waals surface area contributed by atoms with E-state index < -0.39 is 0 Å². The maximum atomic E-state index is 13.1. The van der Waals surface area contributed by atoms with E-state index in [0.29, 0.717) is 5.95 Å². The van der Waals surface area contributed by atoms with Crippen molar-refractivity contribution >= 4 is 17.5 Å². The number of halogens is 1. The molecule has 2 N–H and O–H groups in total. The van der Waals surface area contributed by atoms with Crippen LogP contribution in [0.5, 0.6) is 0 Å². The third kappa shape index (κ3) is 4.76. The number of aromatic nitrogens is 2. The van der Waals surface area contributed by atoms with Gasteiger partial charge in [-0.15, -0.1) is 0 Å². The van der Waals surface area contributed by atoms with E-state index in [1.54, 1.807) is 12.1 Å². The summed E-state index contributed by atoms with van der Waals surface area (Å²) in [6.45, 7) is 6.22. The van der Waals surface area contributed by atoms with Crippen LogP contribution >= 0.6 is 0 Å². The van der Waals surface area contributed by atoms with Gasteiger partial charge in [-0.2, -0.15) is 4.98 Å². The van der Waals surface area contributed by atoms with Crippen molar-refractivity contribution < 1.29 is 4.39 Å². The van der Waals surface area contributed by atoms with E-state index in [1.165, 1.54) is 12.1 Å². The first kappa shape index (κ1) is 16.9. The summed E-state index contributed by atoms with van der Waals surface area (Å²) in [5, 5.41) is 6.51. The normalized spacial score (nSPS) is 11.2. The average molecular weight is 336 g/mol. The average Bonchev–Trinajstić information content (AvgIpc) is 2.56. The molecule has 0 spiro atoms. The number of nitrogens with one attached hydrogen (secondary N) is 2. The topological polar surface area (TPSA) is 49.8 Å². The summed E-state index contributed by atoms with van der Waals surface area (Å²) < 4.78 is 13.1. The largest absolute Gasteiger partial charge is 0.365 e. The summed E-state index contributed by atoms with van der Waals surface area (Å²) in [5.74, 6) is 0.908. The Kier molecular flexibility index (Phi) is 4.65. The Hall–Kier alpha value is -2.95. The molecule has 3 rings (SSSR count). The van der Waals surface area contributed by atoms with Crippen molar-refractivity contribution in [2.45, 2.75) is 26.3 Å². The molecule has 3 aromatic rings. The third-order valence-corrected chi connectivity index (χ3v) is 3.40. The van der Waals surface area contributed by atoms with Crippen LogP contribution in [0.2, 0.25) is 0 Å². The van der Waals surface area contributed by atoms with Crippen LogP contribution in [-0.2, 0) is 0 Å². The summed E-state index contributed by atoms with van der Waals surface area (Å²) >= 11 is 0. The van der Waals surface area contributed by atoms with Gasteiger partial charge in [-0.05, 0) is 45.0 Å². The second-order valence-corrected chi connectivity index (χ2v) is 6.83. The quantitative estimate of drug-likeness (QED) is 0.684. The first-order chi connectivity index (χ1) is 11.9. The van der Waals surface area contributed by atoms with E-state index in [2.05, 4.69) is 41.4 Å². The summed E-state index contributed by atoms with van der Waals surface area (Å²) in [4.78, 5) is 9.13. The zero-order valence-corrected chi connectivity index (χ0v) is 14.5. The molecule has 0 saturated heterocycles. The minimum atomic E-state index is -0.278. The van der Waals surface area contributed by atoms with Crippen molar-refractivity contribution in [2.24, 2.45) is 0 Å². The number of benzene rings is 2. The molecular formula is C20H21FN4. The SMILES string of the molecule is CC(C)(C)Nc1cc(-c2ccccc2)nc(Nc2ccc(F)cc2)n1. The molecule has 5 heteroatoms. The van der Waals surface area contributed by atoms with Gasteiger partial charge < -0.3 is 10.6 Å². The fourth-order valence-electron chi connectivity index (χ4n) is 2.37. The van der Waals surface area contributed by atoms with Gasteiger partial charge in [0.1, 0.15) is 11.6 Å². The van der Waals surface area contributed by atoms with Crippen molar-refractivity contribution in [3.63, 3.8) is 0 Å². The summed E-state index contributed by atoms with van der Waals surface area (Å²) in [7, 11) is 0. The number of anilines is 3. The van der Waals surface area contributed by atoms with Gasteiger partial charge in [0.05, 0.1) is 5.69 Å². The highest BCUT2D eigenvalue weighted by atomic mass is 19.1. The number of hydrogen-bond donors (Lipinski definition) is 2. The van der Waals surface area contributed by atoms with Gasteiger partial charge in [0.2, 0.25) is 5.95 Å². The minimum absolute atomic E-state index is 0.130. The number of nitrogens with zero attached hydrogens (tertiary/aromatic N) is 2. The van der Waals surface area contributed by atoms with E-state index in [-0.39, 0.29) is 11.4 Å². The molecule has 0 fully saturated rings. The lowest BCUT2D eigenvalue weighted by Crippen LogP contribution is -2.26. The monoisotopic (exact) mass is 336 g/mol. The molecule has 25 heavy (non-hydrogen) atoms. The maximum absolute atomic E-state index is 13.1. The van der Waals surface area contributed by atoms with Crippen LogP contribution < -0.4 is 10.6 Å². The van der Waals surface area contributed by atoms with Gasteiger partial charge in [-0.3, -0.25) is 0 Å². The predicted octanol–water partition coefficient (Wildman–Crippen LogP) is 5.24. The fourth-order valence-corrected chi connectivity index (χ4v) is 2.37. The van der Waals surface area contributed by atoms with Crippen molar-refractivity contribution in [1.82, 2.24) is 9.97 Å². The molecule has 0 saturated carbocycles. The van der Waals surface area contributed by atoms with E-state index in [4.69, 9.17) is 0 Å². The highest BCUT2D eigenvalue weighted by molar-refractivity contribution is 5.66. The molecule has 0 bridgehead atoms. The Labute approximate surface area is 147 Å². The Morgan fingerprint density at radius 1 is 0.880 bits per heavy atom. The summed E-state index contributed by atoms with van der Waals surface area (Å²) in [6.07, 6.45) is 0. The van der Waals surface area contributed by atoms with E-state index >= 15 is 0 Å². The van der Waals surface area contributed by atoms with Crippen molar-refractivity contribution in [2.75, 3.05) is 10.6 Å². The number of rotatable bonds is 4. The number of hydrogen-bond acceptors (Lipinski definition) is 4. The van der Waals surface area contributed by atoms with Gasteiger partial charge in [-0.1, -0.05) is 30.3 Å². The Morgan fingerprint density at radius 3 is 2.20 bits per heavy atom. The van der Waals surface area contributed by atoms with Gasteiger partial charge in [-0.25, -0.2) is 9.37 Å². The first-order valence-corrected chi connectivity index (χ1v) is 8.14. The molecule has 1 aromatic heterocycles. The van der Waals surface area contributed by atoms with Gasteiger partial charge in [0.15, 0.2) is 0 Å². The van der Waals surface area contributed by atoms with Crippen LogP contribution in [0.3, 0.4) is 0 Å². The molecule has 1 heterocycles. The zero-order chi connectivity index (χ0) is 17.9. The summed E-state index contributed by atoms with van der Waals surface area (Å²) in [5.41, 5.74) is 2.42. The van der Waals surface area contributed by atoms with Crippen LogP contribution in [-0.4, -0.2) is 15.5 Å². The molecule has 4 nitrogen and oxygen atoms in total. The third-order valence-electron chi connectivity index (χ3n) is 3.40. The molecule has 0 unspecified atom stereocenters. The van der Waals surface area contributed by atoms with E-state index in [1.807, 2.05) is 36.4 Å². The van der Waals surface area contributed by atoms with Crippen LogP contribution in [0, 0.1) is 5.82 Å². The van der Waals surface area contributed by atoms with Crippen molar-refractivity contribution in [3.05, 3.63) is 66.5 Å². The Balaban J connectivity index is 1.98. The van der Waals surface area contributed by atoms with Crippen LogP contribution in [0.1, 0.15) is 20.8 Å². The molecule has 2 aromatic carbocycles. The molecule has 0 amide bonds. The zero-order valence-electron chi connectivity index (χ0n) is 14.5. The Bertz CT molecular complexity index is 840. The molecule has 0 atom stereocenters. The second kappa shape index (κ2) is 6.89. The van der Waals surface area contributed by atoms with Crippen molar-refractivity contribution in [3.8, 4) is 11.3 Å². The van der Waals surface area contributed by atoms with Crippen LogP contribution in [0.25, 0.3) is 11.3 Å². The minimum Gasteiger partial charge on any atom is -0.365 e. The van der Waals surface area contributed by atoms with Gasteiger partial charge >= 0.3 is 0 Å². The lowest BCUT2D eigenvalue weighted by Gasteiger charge is -2.22. The van der Waals surface area contributed by atoms with Gasteiger partial charge in [0, 0.05) is 22.9 Å². The van der Waals surface area contributed by atoms with Crippen molar-refractivity contribution in [1.29, 1.82) is 0 Å². The lowest BCUT2D eigenvalue weighted by atomic mass is 10.1. The van der Waals surface area contributed by atoms with Crippen LogP contribution in [0.4, 0.5) is 21.8 Å². The van der Waals surface area contributed by atoms with Gasteiger partial charge in [0.25, 0.3) is 0 Å². The lowest BCUT2D eigenvalue weighted by molar-refractivity contribution is 0.628. The molecule has 0 radical (unpaired) electrons. The molecule has 0 aliphatic rings. The standard InChI is InChI=1S/C20H21FN4/c1-20(2,3)25-18-13-17(14-7-5-4-6-8-14)23-19(24-18)22-16-11-9-15(21)10-12-16/h4-13H,1-3H3,(H2,22,23,24,25). The highest BCUT2D eigenvalue weighted by Gasteiger charge is 2.13. The molecule has 0 aliphatic carbocycles. The molecular weight excluding hydrogens is 315 g/mol.